The van der Waals surface area contributed by atoms with E-state index in [-0.39, 0.29) is 5.56 Å². The molecule has 0 radical (unpaired) electrons. The number of rotatable bonds is 4. The van der Waals surface area contributed by atoms with E-state index in [1.165, 1.54) is 12.1 Å². The van der Waals surface area contributed by atoms with Crippen LogP contribution < -0.4 is 0 Å². The Balaban J connectivity index is 2.90. The molecule has 0 fully saturated rings. The Hall–Kier alpha value is -1.19. The lowest BCUT2D eigenvalue weighted by atomic mass is 10.2. The first-order valence-corrected chi connectivity index (χ1v) is 5.57. The van der Waals surface area contributed by atoms with Gasteiger partial charge in [0.1, 0.15) is 0 Å². The first kappa shape index (κ1) is 12.9. The number of halogens is 2. The van der Waals surface area contributed by atoms with E-state index in [4.69, 9.17) is 0 Å². The lowest BCUT2D eigenvalue weighted by molar-refractivity contribution is 0.00612. The van der Waals surface area contributed by atoms with E-state index in [1.807, 2.05) is 13.8 Å². The fraction of sp³-hybridized carbons (Fsp3) is 0.364. The number of hydrogen-bond donors (Lipinski definition) is 0. The third kappa shape index (κ3) is 3.43. The van der Waals surface area contributed by atoms with E-state index in [1.54, 1.807) is 23.9 Å². The van der Waals surface area contributed by atoms with Crippen LogP contribution in [0.15, 0.2) is 34.2 Å². The molecule has 16 heavy (non-hydrogen) atoms. The standard InChI is InChI=1S/C11H11F2NOS/c1-8(2)16-10-5-3-9(4-6-10)11(12,13)14-7-15/h3-6,8H,1-2H3. The van der Waals surface area contributed by atoms with Gasteiger partial charge in [0.25, 0.3) is 0 Å². The maximum atomic E-state index is 13.1. The largest absolute Gasteiger partial charge is 0.379 e. The second-order valence-corrected chi connectivity index (χ2v) is 5.09. The van der Waals surface area contributed by atoms with Gasteiger partial charge in [-0.05, 0) is 24.3 Å². The van der Waals surface area contributed by atoms with Crippen LogP contribution in [0, 0.1) is 0 Å². The third-order valence-electron chi connectivity index (χ3n) is 1.76. The van der Waals surface area contributed by atoms with Gasteiger partial charge >= 0.3 is 6.05 Å². The number of carbonyl (C=O) groups excluding carboxylic acids is 1. The summed E-state index contributed by atoms with van der Waals surface area (Å²) in [5.41, 5.74) is -0.302. The average molecular weight is 243 g/mol. The molecule has 5 heteroatoms. The average Bonchev–Trinajstić information content (AvgIpc) is 2.17. The topological polar surface area (TPSA) is 29.4 Å². The van der Waals surface area contributed by atoms with E-state index >= 15 is 0 Å². The normalized spacial score (nSPS) is 11.3. The first-order valence-electron chi connectivity index (χ1n) is 4.70. The van der Waals surface area contributed by atoms with Gasteiger partial charge in [-0.25, -0.2) is 4.79 Å². The minimum atomic E-state index is -3.48. The zero-order valence-electron chi connectivity index (χ0n) is 8.91. The molecule has 0 saturated heterocycles. The van der Waals surface area contributed by atoms with Crippen molar-refractivity contribution >= 4 is 17.8 Å². The fourth-order valence-corrected chi connectivity index (χ4v) is 1.97. The second kappa shape index (κ2) is 5.23. The van der Waals surface area contributed by atoms with Crippen molar-refractivity contribution in [3.05, 3.63) is 29.8 Å². The van der Waals surface area contributed by atoms with Crippen molar-refractivity contribution in [3.8, 4) is 0 Å². The fourth-order valence-electron chi connectivity index (χ4n) is 1.13. The van der Waals surface area contributed by atoms with Crippen LogP contribution in [0.2, 0.25) is 0 Å². The predicted molar refractivity (Wildman–Crippen MR) is 59.5 cm³/mol. The SMILES string of the molecule is CC(C)Sc1ccc(C(F)(F)N=C=O)cc1. The molecule has 2 nitrogen and oxygen atoms in total. The molecule has 0 aliphatic heterocycles. The Morgan fingerprint density at radius 2 is 1.88 bits per heavy atom. The van der Waals surface area contributed by atoms with Crippen molar-refractivity contribution in [3.63, 3.8) is 0 Å². The predicted octanol–water partition coefficient (Wildman–Crippen LogP) is 3.57. The molecule has 0 heterocycles. The summed E-state index contributed by atoms with van der Waals surface area (Å²) in [7, 11) is 0. The molecule has 0 aromatic heterocycles. The zero-order chi connectivity index (χ0) is 12.2. The Bertz CT molecular complexity index is 397. The number of hydrogen-bond acceptors (Lipinski definition) is 3. The van der Waals surface area contributed by atoms with E-state index in [0.29, 0.717) is 5.25 Å². The van der Waals surface area contributed by atoms with Crippen molar-refractivity contribution in [1.82, 2.24) is 0 Å². The lowest BCUT2D eigenvalue weighted by Gasteiger charge is -2.10. The summed E-state index contributed by atoms with van der Waals surface area (Å²) in [6.45, 7) is 4.04. The molecule has 1 rings (SSSR count). The first-order chi connectivity index (χ1) is 7.45. The third-order valence-corrected chi connectivity index (χ3v) is 2.78. The van der Waals surface area contributed by atoms with Crippen LogP contribution in [-0.2, 0) is 10.8 Å². The maximum absolute atomic E-state index is 13.1. The Morgan fingerprint density at radius 3 is 2.31 bits per heavy atom. The number of benzene rings is 1. The van der Waals surface area contributed by atoms with E-state index in [0.717, 1.165) is 11.0 Å². The summed E-state index contributed by atoms with van der Waals surface area (Å²) in [6.07, 6.45) is 0.873. The number of isocyanates is 1. The number of nitrogens with zero attached hydrogens (tertiary/aromatic N) is 1. The van der Waals surface area contributed by atoms with Crippen molar-refractivity contribution in [2.24, 2.45) is 4.99 Å². The van der Waals surface area contributed by atoms with Crippen LogP contribution in [0.25, 0.3) is 0 Å². The molecule has 86 valence electrons. The molecule has 1 aromatic rings. The highest BCUT2D eigenvalue weighted by molar-refractivity contribution is 7.99. The number of aliphatic imine (C=N–C) groups is 1. The van der Waals surface area contributed by atoms with Crippen molar-refractivity contribution in [2.75, 3.05) is 0 Å². The zero-order valence-corrected chi connectivity index (χ0v) is 9.72. The van der Waals surface area contributed by atoms with Crippen LogP contribution in [0.3, 0.4) is 0 Å². The van der Waals surface area contributed by atoms with Crippen molar-refractivity contribution in [2.45, 2.75) is 30.0 Å². The van der Waals surface area contributed by atoms with Gasteiger partial charge in [0, 0.05) is 15.7 Å². The molecule has 0 unspecified atom stereocenters. The summed E-state index contributed by atoms with van der Waals surface area (Å²) >= 11 is 1.58. The monoisotopic (exact) mass is 243 g/mol. The summed E-state index contributed by atoms with van der Waals surface area (Å²) < 4.78 is 26.2. The Morgan fingerprint density at radius 1 is 1.31 bits per heavy atom. The molecule has 0 N–H and O–H groups in total. The van der Waals surface area contributed by atoms with Crippen molar-refractivity contribution in [1.29, 1.82) is 0 Å². The molecule has 1 aromatic carbocycles. The Kier molecular flexibility index (Phi) is 4.21. The lowest BCUT2D eigenvalue weighted by Crippen LogP contribution is -2.08. The molecule has 0 spiro atoms. The van der Waals surface area contributed by atoms with Gasteiger partial charge in [-0.1, -0.05) is 13.8 Å². The van der Waals surface area contributed by atoms with E-state index < -0.39 is 6.05 Å². The van der Waals surface area contributed by atoms with Crippen LogP contribution in [0.4, 0.5) is 8.78 Å². The minimum Gasteiger partial charge on any atom is -0.211 e. The van der Waals surface area contributed by atoms with Gasteiger partial charge in [0.2, 0.25) is 6.08 Å². The molecule has 0 aliphatic carbocycles. The van der Waals surface area contributed by atoms with Gasteiger partial charge in [-0.2, -0.15) is 8.78 Å². The molecule has 0 bridgehead atoms. The van der Waals surface area contributed by atoms with E-state index in [2.05, 4.69) is 4.99 Å². The smallest absolute Gasteiger partial charge is 0.211 e. The van der Waals surface area contributed by atoms with Gasteiger partial charge in [-0.15, -0.1) is 16.8 Å². The summed E-state index contributed by atoms with van der Waals surface area (Å²) in [5.74, 6) is 0. The van der Waals surface area contributed by atoms with E-state index in [9.17, 15) is 13.6 Å². The molecule has 0 atom stereocenters. The molecule has 0 aliphatic rings. The van der Waals surface area contributed by atoms with Crippen LogP contribution in [0.1, 0.15) is 19.4 Å². The molecular weight excluding hydrogens is 232 g/mol. The minimum absolute atomic E-state index is 0.302. The van der Waals surface area contributed by atoms with Crippen molar-refractivity contribution < 1.29 is 13.6 Å². The molecule has 0 saturated carbocycles. The molecular formula is C11H11F2NOS. The quantitative estimate of drug-likeness (QED) is 0.350. The molecule has 0 amide bonds. The highest BCUT2D eigenvalue weighted by atomic mass is 32.2. The van der Waals surface area contributed by atoms with Crippen LogP contribution in [0.5, 0.6) is 0 Å². The highest BCUT2D eigenvalue weighted by Gasteiger charge is 2.30. The summed E-state index contributed by atoms with van der Waals surface area (Å²) in [4.78, 5) is 13.2. The summed E-state index contributed by atoms with van der Waals surface area (Å²) in [5, 5.41) is 0.388. The van der Waals surface area contributed by atoms with Gasteiger partial charge < -0.3 is 0 Å². The second-order valence-electron chi connectivity index (χ2n) is 3.44. The van der Waals surface area contributed by atoms with Crippen LogP contribution >= 0.6 is 11.8 Å². The highest BCUT2D eigenvalue weighted by Crippen LogP contribution is 2.31. The number of thioether (sulfide) groups is 1. The van der Waals surface area contributed by atoms with Gasteiger partial charge in [-0.3, -0.25) is 0 Å². The number of alkyl halides is 2. The van der Waals surface area contributed by atoms with Crippen LogP contribution in [-0.4, -0.2) is 11.3 Å². The van der Waals surface area contributed by atoms with Gasteiger partial charge in [0.15, 0.2) is 0 Å². The van der Waals surface area contributed by atoms with Gasteiger partial charge in [0.05, 0.1) is 0 Å². The summed E-state index contributed by atoms with van der Waals surface area (Å²) in [6, 6.07) is 2.24. The Labute approximate surface area is 96.8 Å². The maximum Gasteiger partial charge on any atom is 0.379 e.